The number of carbonyl (C=O) groups excluding carboxylic acids is 1. The molecule has 1 saturated heterocycles. The molecule has 21 heavy (non-hydrogen) atoms. The Morgan fingerprint density at radius 1 is 1.38 bits per heavy atom. The smallest absolute Gasteiger partial charge is 0.238 e. The van der Waals surface area contributed by atoms with Crippen molar-refractivity contribution in [1.29, 1.82) is 0 Å². The standard InChI is InChI=1S/C15H17N3O2S/c1-11-4-7-16-14(17-11)18-13(19)15(5-8-20-9-6-15)12-3-2-10-21-12/h2-4,7,10H,5-6,8-9H2,1H3,(H,16,17,18,19). The lowest BCUT2D eigenvalue weighted by Gasteiger charge is -2.34. The highest BCUT2D eigenvalue weighted by Crippen LogP contribution is 2.38. The molecule has 0 atom stereocenters. The SMILES string of the molecule is Cc1ccnc(NC(=O)C2(c3cccs3)CCOCC2)n1. The highest BCUT2D eigenvalue weighted by atomic mass is 32.1. The lowest BCUT2D eigenvalue weighted by Crippen LogP contribution is -2.44. The van der Waals surface area contributed by atoms with E-state index in [0.717, 1.165) is 10.6 Å². The van der Waals surface area contributed by atoms with E-state index in [2.05, 4.69) is 15.3 Å². The molecule has 0 aliphatic carbocycles. The Labute approximate surface area is 127 Å². The van der Waals surface area contributed by atoms with Crippen LogP contribution < -0.4 is 5.32 Å². The van der Waals surface area contributed by atoms with Crippen LogP contribution in [0.4, 0.5) is 5.95 Å². The zero-order chi connectivity index (χ0) is 14.7. The van der Waals surface area contributed by atoms with Crippen LogP contribution in [0.5, 0.6) is 0 Å². The molecule has 1 fully saturated rings. The van der Waals surface area contributed by atoms with Crippen molar-refractivity contribution in [3.63, 3.8) is 0 Å². The fraction of sp³-hybridized carbons (Fsp3) is 0.400. The number of nitrogens with one attached hydrogen (secondary N) is 1. The third kappa shape index (κ3) is 2.82. The van der Waals surface area contributed by atoms with Gasteiger partial charge in [0.2, 0.25) is 11.9 Å². The monoisotopic (exact) mass is 303 g/mol. The van der Waals surface area contributed by atoms with E-state index in [1.54, 1.807) is 23.6 Å². The summed E-state index contributed by atoms with van der Waals surface area (Å²) in [6.07, 6.45) is 3.02. The Hall–Kier alpha value is -1.79. The van der Waals surface area contributed by atoms with Gasteiger partial charge in [-0.15, -0.1) is 11.3 Å². The second kappa shape index (κ2) is 5.91. The van der Waals surface area contributed by atoms with Crippen LogP contribution in [0.2, 0.25) is 0 Å². The van der Waals surface area contributed by atoms with Crippen molar-refractivity contribution in [1.82, 2.24) is 9.97 Å². The van der Waals surface area contributed by atoms with E-state index in [1.165, 1.54) is 0 Å². The number of ether oxygens (including phenoxy) is 1. The minimum atomic E-state index is -0.528. The minimum Gasteiger partial charge on any atom is -0.381 e. The zero-order valence-electron chi connectivity index (χ0n) is 11.8. The predicted molar refractivity (Wildman–Crippen MR) is 81.4 cm³/mol. The van der Waals surface area contributed by atoms with Crippen molar-refractivity contribution < 1.29 is 9.53 Å². The molecule has 0 aromatic carbocycles. The van der Waals surface area contributed by atoms with Crippen molar-refractivity contribution in [3.05, 3.63) is 40.3 Å². The number of amides is 1. The average molecular weight is 303 g/mol. The van der Waals surface area contributed by atoms with Gasteiger partial charge in [0.1, 0.15) is 0 Å². The quantitative estimate of drug-likeness (QED) is 0.946. The van der Waals surface area contributed by atoms with E-state index < -0.39 is 5.41 Å². The maximum atomic E-state index is 12.9. The molecule has 0 spiro atoms. The van der Waals surface area contributed by atoms with Crippen molar-refractivity contribution >= 4 is 23.2 Å². The van der Waals surface area contributed by atoms with Crippen molar-refractivity contribution in [3.8, 4) is 0 Å². The largest absolute Gasteiger partial charge is 0.381 e. The molecule has 0 saturated carbocycles. The fourth-order valence-electron chi connectivity index (χ4n) is 2.59. The van der Waals surface area contributed by atoms with E-state index >= 15 is 0 Å². The van der Waals surface area contributed by atoms with Gasteiger partial charge in [0.15, 0.2) is 0 Å². The Morgan fingerprint density at radius 2 is 2.19 bits per heavy atom. The Kier molecular flexibility index (Phi) is 3.98. The number of rotatable bonds is 3. The number of carbonyl (C=O) groups is 1. The molecule has 0 unspecified atom stereocenters. The number of anilines is 1. The third-order valence-electron chi connectivity index (χ3n) is 3.79. The van der Waals surface area contributed by atoms with Crippen LogP contribution in [0.15, 0.2) is 29.8 Å². The molecule has 1 N–H and O–H groups in total. The number of aryl methyl sites for hydroxylation is 1. The molecule has 5 nitrogen and oxygen atoms in total. The van der Waals surface area contributed by atoms with Crippen LogP contribution in [-0.4, -0.2) is 29.1 Å². The van der Waals surface area contributed by atoms with Gasteiger partial charge in [-0.05, 0) is 37.3 Å². The molecule has 0 bridgehead atoms. The number of hydrogen-bond donors (Lipinski definition) is 1. The van der Waals surface area contributed by atoms with Gasteiger partial charge in [-0.3, -0.25) is 10.1 Å². The molecule has 0 radical (unpaired) electrons. The van der Waals surface area contributed by atoms with Gasteiger partial charge < -0.3 is 4.74 Å². The van der Waals surface area contributed by atoms with E-state index in [-0.39, 0.29) is 5.91 Å². The van der Waals surface area contributed by atoms with Gasteiger partial charge in [0, 0.05) is 30.0 Å². The van der Waals surface area contributed by atoms with Gasteiger partial charge >= 0.3 is 0 Å². The summed E-state index contributed by atoms with van der Waals surface area (Å²) in [5.41, 5.74) is 0.303. The lowest BCUT2D eigenvalue weighted by atomic mass is 9.78. The van der Waals surface area contributed by atoms with Crippen molar-refractivity contribution in [2.75, 3.05) is 18.5 Å². The molecular weight excluding hydrogens is 286 g/mol. The number of thiophene rings is 1. The zero-order valence-corrected chi connectivity index (χ0v) is 12.7. The molecule has 6 heteroatoms. The van der Waals surface area contributed by atoms with E-state index in [4.69, 9.17) is 4.74 Å². The first-order chi connectivity index (χ1) is 10.2. The molecule has 1 amide bonds. The van der Waals surface area contributed by atoms with Crippen LogP contribution in [-0.2, 0) is 14.9 Å². The summed E-state index contributed by atoms with van der Waals surface area (Å²) < 4.78 is 5.44. The first-order valence-corrected chi connectivity index (χ1v) is 7.81. The molecule has 110 valence electrons. The summed E-state index contributed by atoms with van der Waals surface area (Å²) in [5.74, 6) is 0.321. The summed E-state index contributed by atoms with van der Waals surface area (Å²) in [5, 5.41) is 4.87. The van der Waals surface area contributed by atoms with Gasteiger partial charge in [-0.1, -0.05) is 6.07 Å². The molecular formula is C15H17N3O2S. The molecule has 2 aromatic rings. The fourth-order valence-corrected chi connectivity index (χ4v) is 3.57. The number of aromatic nitrogens is 2. The third-order valence-corrected chi connectivity index (χ3v) is 4.87. The normalized spacial score (nSPS) is 17.4. The van der Waals surface area contributed by atoms with Crippen LogP contribution in [0.25, 0.3) is 0 Å². The molecule has 3 rings (SSSR count). The number of hydrogen-bond acceptors (Lipinski definition) is 5. The topological polar surface area (TPSA) is 64.1 Å². The summed E-state index contributed by atoms with van der Waals surface area (Å²) in [6, 6.07) is 5.81. The van der Waals surface area contributed by atoms with Gasteiger partial charge in [0.05, 0.1) is 5.41 Å². The average Bonchev–Trinajstić information content (AvgIpc) is 3.02. The summed E-state index contributed by atoms with van der Waals surface area (Å²) in [4.78, 5) is 22.3. The maximum Gasteiger partial charge on any atom is 0.238 e. The first-order valence-electron chi connectivity index (χ1n) is 6.93. The maximum absolute atomic E-state index is 12.9. The van der Waals surface area contributed by atoms with Gasteiger partial charge in [-0.25, -0.2) is 9.97 Å². The molecule has 2 aromatic heterocycles. The molecule has 3 heterocycles. The highest BCUT2D eigenvalue weighted by Gasteiger charge is 2.42. The van der Waals surface area contributed by atoms with Crippen LogP contribution in [0, 0.1) is 6.92 Å². The van der Waals surface area contributed by atoms with Crippen LogP contribution in [0.3, 0.4) is 0 Å². The Balaban J connectivity index is 1.88. The Bertz CT molecular complexity index is 622. The molecule has 1 aliphatic heterocycles. The summed E-state index contributed by atoms with van der Waals surface area (Å²) in [7, 11) is 0. The van der Waals surface area contributed by atoms with E-state index in [0.29, 0.717) is 32.0 Å². The summed E-state index contributed by atoms with van der Waals surface area (Å²) >= 11 is 1.61. The van der Waals surface area contributed by atoms with E-state index in [1.807, 2.05) is 24.4 Å². The first kappa shape index (κ1) is 14.2. The predicted octanol–water partition coefficient (Wildman–Crippen LogP) is 2.53. The van der Waals surface area contributed by atoms with Gasteiger partial charge in [0.25, 0.3) is 0 Å². The van der Waals surface area contributed by atoms with Gasteiger partial charge in [-0.2, -0.15) is 0 Å². The number of nitrogens with zero attached hydrogens (tertiary/aromatic N) is 2. The summed E-state index contributed by atoms with van der Waals surface area (Å²) in [6.45, 7) is 3.07. The molecule has 1 aliphatic rings. The van der Waals surface area contributed by atoms with E-state index in [9.17, 15) is 4.79 Å². The van der Waals surface area contributed by atoms with Crippen LogP contribution >= 0.6 is 11.3 Å². The lowest BCUT2D eigenvalue weighted by molar-refractivity contribution is -0.125. The second-order valence-electron chi connectivity index (χ2n) is 5.15. The highest BCUT2D eigenvalue weighted by molar-refractivity contribution is 7.10. The second-order valence-corrected chi connectivity index (χ2v) is 6.10. The Morgan fingerprint density at radius 3 is 2.86 bits per heavy atom. The van der Waals surface area contributed by atoms with Crippen molar-refractivity contribution in [2.24, 2.45) is 0 Å². The van der Waals surface area contributed by atoms with Crippen molar-refractivity contribution in [2.45, 2.75) is 25.2 Å². The minimum absolute atomic E-state index is 0.0427. The van der Waals surface area contributed by atoms with Crippen LogP contribution in [0.1, 0.15) is 23.4 Å².